The van der Waals surface area contributed by atoms with Crippen LogP contribution in [0.2, 0.25) is 0 Å². The second-order valence-corrected chi connectivity index (χ2v) is 9.57. The highest BCUT2D eigenvalue weighted by atomic mass is 16.5. The molecule has 0 saturated carbocycles. The highest BCUT2D eigenvalue weighted by Crippen LogP contribution is 2.23. The molecule has 5 heteroatoms. The molecule has 1 aliphatic heterocycles. The molecule has 1 saturated heterocycles. The number of allylic oxidation sites excluding steroid dienone is 4. The molecule has 0 unspecified atom stereocenters. The average Bonchev–Trinajstić information content (AvgIpc) is 3.19. The largest absolute Gasteiger partial charge is 0.493 e. The highest BCUT2D eigenvalue weighted by Gasteiger charge is 2.20. The van der Waals surface area contributed by atoms with Gasteiger partial charge in [0.05, 0.1) is 13.2 Å². The topological polar surface area (TPSA) is 36.0 Å². The van der Waals surface area contributed by atoms with E-state index in [1.54, 1.807) is 0 Å². The fraction of sp³-hybridized carbons (Fsp3) is 0.741. The van der Waals surface area contributed by atoms with Gasteiger partial charge in [-0.1, -0.05) is 38.5 Å². The summed E-state index contributed by atoms with van der Waals surface area (Å²) in [4.78, 5) is 19.8. The van der Waals surface area contributed by atoms with Gasteiger partial charge in [-0.15, -0.1) is 0 Å². The summed E-state index contributed by atoms with van der Waals surface area (Å²) in [7, 11) is 4.21. The molecule has 0 aliphatic carbocycles. The summed E-state index contributed by atoms with van der Waals surface area (Å²) < 4.78 is 5.70. The number of rotatable bonds is 15. The van der Waals surface area contributed by atoms with Crippen molar-refractivity contribution in [3.63, 3.8) is 0 Å². The first kappa shape index (κ1) is 28.4. The fourth-order valence-electron chi connectivity index (χ4n) is 3.86. The van der Waals surface area contributed by atoms with E-state index in [1.807, 2.05) is 0 Å². The number of hydrogen-bond acceptors (Lipinski definition) is 4. The Morgan fingerprint density at radius 3 is 2.41 bits per heavy atom. The lowest BCUT2D eigenvalue weighted by Gasteiger charge is -2.31. The molecular formula is C27H49N3O2. The van der Waals surface area contributed by atoms with E-state index in [0.717, 1.165) is 70.6 Å². The van der Waals surface area contributed by atoms with Crippen LogP contribution in [0.1, 0.15) is 66.7 Å². The summed E-state index contributed by atoms with van der Waals surface area (Å²) in [5.74, 6) is 1.63. The van der Waals surface area contributed by atoms with Crippen LogP contribution in [-0.2, 0) is 9.53 Å². The van der Waals surface area contributed by atoms with E-state index in [9.17, 15) is 4.79 Å². The minimum Gasteiger partial charge on any atom is -0.493 e. The second-order valence-electron chi connectivity index (χ2n) is 9.57. The molecule has 0 aromatic rings. The van der Waals surface area contributed by atoms with E-state index in [2.05, 4.69) is 87.7 Å². The molecule has 1 rings (SSSR count). The van der Waals surface area contributed by atoms with Crippen LogP contribution < -0.4 is 0 Å². The molecule has 184 valence electrons. The van der Waals surface area contributed by atoms with E-state index < -0.39 is 0 Å². The quantitative estimate of drug-likeness (QED) is 0.327. The van der Waals surface area contributed by atoms with Gasteiger partial charge in [0.25, 0.3) is 0 Å². The Balaban J connectivity index is 2.64. The van der Waals surface area contributed by atoms with Crippen molar-refractivity contribution < 1.29 is 9.53 Å². The third kappa shape index (κ3) is 11.3. The SMILES string of the molecule is C/C=C1/CCO/C1=C/C=C/[C@H](C)CN(CC(=O)N(CCCC)CCCCN(C)C)C(C)C. The van der Waals surface area contributed by atoms with Crippen molar-refractivity contribution in [1.29, 1.82) is 0 Å². The van der Waals surface area contributed by atoms with Gasteiger partial charge < -0.3 is 14.5 Å². The molecule has 0 bridgehead atoms. The van der Waals surface area contributed by atoms with Gasteiger partial charge in [-0.2, -0.15) is 0 Å². The van der Waals surface area contributed by atoms with Crippen LogP contribution in [0.4, 0.5) is 0 Å². The van der Waals surface area contributed by atoms with Crippen molar-refractivity contribution in [2.45, 2.75) is 72.8 Å². The molecule has 0 spiro atoms. The summed E-state index contributed by atoms with van der Waals surface area (Å²) in [6.45, 7) is 15.8. The molecule has 0 N–H and O–H groups in total. The summed E-state index contributed by atoms with van der Waals surface area (Å²) in [5.41, 5.74) is 1.29. The molecule has 1 heterocycles. The zero-order valence-corrected chi connectivity index (χ0v) is 21.9. The standard InChI is InChI=1S/C27H49N3O2/c1-8-10-18-29(19-12-11-17-28(6)7)27(31)22-30(23(3)4)21-24(5)14-13-15-26-25(9-2)16-20-32-26/h9,13-15,23-24H,8,10-12,16-22H2,1-7H3/b14-13+,25-9-,26-15+/t24-/m0/s1. The van der Waals surface area contributed by atoms with Gasteiger partial charge in [0.1, 0.15) is 5.76 Å². The molecule has 1 aliphatic rings. The molecule has 0 aromatic heterocycles. The summed E-state index contributed by atoms with van der Waals surface area (Å²) in [5, 5.41) is 0. The summed E-state index contributed by atoms with van der Waals surface area (Å²) in [6.07, 6.45) is 13.9. The van der Waals surface area contributed by atoms with Crippen LogP contribution in [-0.4, -0.2) is 80.1 Å². The Morgan fingerprint density at radius 1 is 1.09 bits per heavy atom. The van der Waals surface area contributed by atoms with E-state index in [1.165, 1.54) is 5.57 Å². The molecule has 0 radical (unpaired) electrons. The Labute approximate surface area is 198 Å². The van der Waals surface area contributed by atoms with Crippen LogP contribution in [0.15, 0.2) is 35.6 Å². The van der Waals surface area contributed by atoms with Crippen LogP contribution in [0.3, 0.4) is 0 Å². The number of unbranched alkanes of at least 4 members (excludes halogenated alkanes) is 2. The van der Waals surface area contributed by atoms with E-state index in [-0.39, 0.29) is 5.91 Å². The van der Waals surface area contributed by atoms with Gasteiger partial charge in [0.15, 0.2) is 0 Å². The Hall–Kier alpha value is -1.59. The molecule has 1 atom stereocenters. The van der Waals surface area contributed by atoms with Gasteiger partial charge in [-0.3, -0.25) is 9.69 Å². The number of hydrogen-bond donors (Lipinski definition) is 0. The van der Waals surface area contributed by atoms with Crippen molar-refractivity contribution in [3.05, 3.63) is 35.6 Å². The molecule has 32 heavy (non-hydrogen) atoms. The number of nitrogens with zero attached hydrogens (tertiary/aromatic N) is 3. The predicted molar refractivity (Wildman–Crippen MR) is 137 cm³/mol. The maximum absolute atomic E-state index is 13.2. The van der Waals surface area contributed by atoms with Crippen molar-refractivity contribution >= 4 is 5.91 Å². The minimum absolute atomic E-state index is 0.271. The van der Waals surface area contributed by atoms with E-state index in [0.29, 0.717) is 18.5 Å². The highest BCUT2D eigenvalue weighted by molar-refractivity contribution is 5.78. The zero-order valence-electron chi connectivity index (χ0n) is 21.9. The van der Waals surface area contributed by atoms with Gasteiger partial charge >= 0.3 is 0 Å². The van der Waals surface area contributed by atoms with Crippen LogP contribution in [0.5, 0.6) is 0 Å². The normalized spacial score (nSPS) is 17.9. The number of ether oxygens (including phenoxy) is 1. The Morgan fingerprint density at radius 2 is 1.78 bits per heavy atom. The van der Waals surface area contributed by atoms with Crippen LogP contribution in [0.25, 0.3) is 0 Å². The van der Waals surface area contributed by atoms with Gasteiger partial charge in [-0.25, -0.2) is 0 Å². The average molecular weight is 448 g/mol. The van der Waals surface area contributed by atoms with E-state index >= 15 is 0 Å². The molecule has 1 amide bonds. The van der Waals surface area contributed by atoms with Gasteiger partial charge in [-0.05, 0) is 78.2 Å². The summed E-state index contributed by atoms with van der Waals surface area (Å²) >= 11 is 0. The maximum Gasteiger partial charge on any atom is 0.236 e. The second kappa shape index (κ2) is 16.1. The fourth-order valence-corrected chi connectivity index (χ4v) is 3.86. The monoisotopic (exact) mass is 447 g/mol. The van der Waals surface area contributed by atoms with Crippen molar-refractivity contribution in [1.82, 2.24) is 14.7 Å². The lowest BCUT2D eigenvalue weighted by Crippen LogP contribution is -2.45. The van der Waals surface area contributed by atoms with Crippen molar-refractivity contribution in [2.75, 3.05) is 53.4 Å². The summed E-state index contributed by atoms with van der Waals surface area (Å²) in [6, 6.07) is 0.336. The number of amides is 1. The Bertz CT molecular complexity index is 622. The van der Waals surface area contributed by atoms with Crippen LogP contribution >= 0.6 is 0 Å². The zero-order chi connectivity index (χ0) is 23.9. The third-order valence-electron chi connectivity index (χ3n) is 5.99. The molecule has 0 aromatic carbocycles. The number of carbonyl (C=O) groups is 1. The maximum atomic E-state index is 13.2. The van der Waals surface area contributed by atoms with Gasteiger partial charge in [0.2, 0.25) is 5.91 Å². The minimum atomic E-state index is 0.271. The van der Waals surface area contributed by atoms with Crippen molar-refractivity contribution in [3.8, 4) is 0 Å². The smallest absolute Gasteiger partial charge is 0.236 e. The van der Waals surface area contributed by atoms with Crippen molar-refractivity contribution in [2.24, 2.45) is 5.92 Å². The Kier molecular flexibility index (Phi) is 14.3. The molecular weight excluding hydrogens is 398 g/mol. The molecule has 5 nitrogen and oxygen atoms in total. The third-order valence-corrected chi connectivity index (χ3v) is 5.99. The predicted octanol–water partition coefficient (Wildman–Crippen LogP) is 5.11. The lowest BCUT2D eigenvalue weighted by molar-refractivity contribution is -0.133. The van der Waals surface area contributed by atoms with E-state index in [4.69, 9.17) is 4.74 Å². The van der Waals surface area contributed by atoms with Gasteiger partial charge in [0, 0.05) is 32.1 Å². The number of carbonyl (C=O) groups excluding carboxylic acids is 1. The first-order chi connectivity index (χ1) is 15.3. The lowest BCUT2D eigenvalue weighted by atomic mass is 10.1. The first-order valence-corrected chi connectivity index (χ1v) is 12.6. The van der Waals surface area contributed by atoms with Crippen LogP contribution in [0, 0.1) is 5.92 Å². The molecule has 1 fully saturated rings. The first-order valence-electron chi connectivity index (χ1n) is 12.6.